The maximum Gasteiger partial charge on any atom is 0.0294 e. The van der Waals surface area contributed by atoms with E-state index < -0.39 is 0 Å². The van der Waals surface area contributed by atoms with E-state index in [4.69, 9.17) is 0 Å². The second kappa shape index (κ2) is 6.33. The Labute approximate surface area is 135 Å². The van der Waals surface area contributed by atoms with Crippen LogP contribution in [0.4, 0.5) is 0 Å². The Morgan fingerprint density at radius 1 is 1.10 bits per heavy atom. The third-order valence-corrected chi connectivity index (χ3v) is 4.98. The summed E-state index contributed by atoms with van der Waals surface area (Å²) in [5.74, 6) is 0.733. The maximum absolute atomic E-state index is 3.75. The first-order valence-electron chi connectivity index (χ1n) is 7.70. The van der Waals surface area contributed by atoms with Gasteiger partial charge in [0.05, 0.1) is 0 Å². The van der Waals surface area contributed by atoms with Crippen LogP contribution in [0.5, 0.6) is 0 Å². The zero-order valence-corrected chi connectivity index (χ0v) is 14.2. The molecule has 21 heavy (non-hydrogen) atoms. The van der Waals surface area contributed by atoms with Crippen LogP contribution in [0.25, 0.3) is 0 Å². The van der Waals surface area contributed by atoms with Gasteiger partial charge in [0.15, 0.2) is 0 Å². The molecule has 0 aliphatic heterocycles. The van der Waals surface area contributed by atoms with Crippen molar-refractivity contribution >= 4 is 15.9 Å². The van der Waals surface area contributed by atoms with Crippen LogP contribution in [0.1, 0.15) is 48.4 Å². The van der Waals surface area contributed by atoms with Crippen molar-refractivity contribution in [2.75, 3.05) is 0 Å². The van der Waals surface area contributed by atoms with Gasteiger partial charge in [-0.15, -0.1) is 0 Å². The van der Waals surface area contributed by atoms with Crippen LogP contribution in [0.3, 0.4) is 0 Å². The molecular formula is C19H22BrN. The van der Waals surface area contributed by atoms with Gasteiger partial charge in [-0.25, -0.2) is 0 Å². The lowest BCUT2D eigenvalue weighted by Crippen LogP contribution is -2.41. The van der Waals surface area contributed by atoms with Gasteiger partial charge in [-0.3, -0.25) is 0 Å². The molecule has 1 aliphatic rings. The molecule has 1 atom stereocenters. The van der Waals surface area contributed by atoms with E-state index in [0.717, 1.165) is 10.4 Å². The predicted octanol–water partition coefficient (Wildman–Crippen LogP) is 5.35. The van der Waals surface area contributed by atoms with Gasteiger partial charge in [0, 0.05) is 16.6 Å². The summed E-state index contributed by atoms with van der Waals surface area (Å²) >= 11 is 3.55. The molecule has 2 aromatic carbocycles. The van der Waals surface area contributed by atoms with E-state index in [2.05, 4.69) is 83.6 Å². The summed E-state index contributed by atoms with van der Waals surface area (Å²) in [5.41, 5.74) is 4.22. The van der Waals surface area contributed by atoms with E-state index in [1.165, 1.54) is 29.5 Å². The van der Waals surface area contributed by atoms with E-state index in [1.54, 1.807) is 0 Å². The summed E-state index contributed by atoms with van der Waals surface area (Å²) in [5, 5.41) is 3.75. The lowest BCUT2D eigenvalue weighted by atomic mass is 9.75. The van der Waals surface area contributed by atoms with Crippen LogP contribution in [-0.4, -0.2) is 6.04 Å². The fourth-order valence-electron chi connectivity index (χ4n) is 3.18. The number of benzene rings is 2. The molecule has 110 valence electrons. The Balaban J connectivity index is 1.55. The van der Waals surface area contributed by atoms with Gasteiger partial charge >= 0.3 is 0 Å². The lowest BCUT2D eigenvalue weighted by Gasteiger charge is -2.38. The number of rotatable bonds is 4. The van der Waals surface area contributed by atoms with E-state index >= 15 is 0 Å². The zero-order valence-electron chi connectivity index (χ0n) is 12.6. The van der Waals surface area contributed by atoms with Gasteiger partial charge < -0.3 is 5.32 Å². The summed E-state index contributed by atoms with van der Waals surface area (Å²) in [6, 6.07) is 18.6. The molecule has 1 nitrogen and oxygen atoms in total. The number of aryl methyl sites for hydroxylation is 1. The van der Waals surface area contributed by atoms with E-state index in [1.807, 2.05) is 0 Å². The quantitative estimate of drug-likeness (QED) is 0.788. The van der Waals surface area contributed by atoms with Crippen molar-refractivity contribution in [2.24, 2.45) is 0 Å². The van der Waals surface area contributed by atoms with Crippen LogP contribution in [0.15, 0.2) is 53.0 Å². The molecule has 0 amide bonds. The second-order valence-electron chi connectivity index (χ2n) is 6.22. The third-order valence-electron chi connectivity index (χ3n) is 4.49. The molecular weight excluding hydrogens is 322 g/mol. The molecule has 0 saturated heterocycles. The lowest BCUT2D eigenvalue weighted by molar-refractivity contribution is 0.271. The standard InChI is InChI=1S/C19H22BrN/c1-13-5-3-7-16(9-13)17-11-19(12-17)21-14(2)15-6-4-8-18(20)10-15/h3-10,14,17,19,21H,11-12H2,1-2H3/t14-,17?,19?/m0/s1. The Morgan fingerprint density at radius 2 is 1.86 bits per heavy atom. The molecule has 0 radical (unpaired) electrons. The topological polar surface area (TPSA) is 12.0 Å². The molecule has 0 heterocycles. The van der Waals surface area contributed by atoms with Crippen molar-refractivity contribution < 1.29 is 0 Å². The number of hydrogen-bond acceptors (Lipinski definition) is 1. The Hall–Kier alpha value is -1.12. The molecule has 0 unspecified atom stereocenters. The largest absolute Gasteiger partial charge is 0.307 e. The first-order valence-corrected chi connectivity index (χ1v) is 8.49. The number of halogens is 1. The smallest absolute Gasteiger partial charge is 0.0294 e. The highest BCUT2D eigenvalue weighted by Gasteiger charge is 2.31. The van der Waals surface area contributed by atoms with Crippen LogP contribution < -0.4 is 5.32 Å². The molecule has 1 saturated carbocycles. The van der Waals surface area contributed by atoms with Crippen molar-refractivity contribution in [2.45, 2.75) is 44.7 Å². The van der Waals surface area contributed by atoms with Gasteiger partial charge in [0.2, 0.25) is 0 Å². The first kappa shape index (κ1) is 14.8. The van der Waals surface area contributed by atoms with Crippen molar-refractivity contribution in [1.82, 2.24) is 5.32 Å². The SMILES string of the molecule is Cc1cccc(C2CC(N[C@@H](C)c3cccc(Br)c3)C2)c1. The fourth-order valence-corrected chi connectivity index (χ4v) is 3.59. The van der Waals surface area contributed by atoms with Crippen LogP contribution in [0, 0.1) is 6.92 Å². The normalized spacial score (nSPS) is 22.6. The second-order valence-corrected chi connectivity index (χ2v) is 7.14. The summed E-state index contributed by atoms with van der Waals surface area (Å²) in [6.07, 6.45) is 2.50. The summed E-state index contributed by atoms with van der Waals surface area (Å²) in [6.45, 7) is 4.43. The van der Waals surface area contributed by atoms with Gasteiger partial charge in [-0.05, 0) is 55.9 Å². The van der Waals surface area contributed by atoms with Crippen molar-refractivity contribution in [1.29, 1.82) is 0 Å². The van der Waals surface area contributed by atoms with Crippen LogP contribution in [-0.2, 0) is 0 Å². The zero-order chi connectivity index (χ0) is 14.8. The minimum absolute atomic E-state index is 0.408. The Bertz CT molecular complexity index is 616. The van der Waals surface area contributed by atoms with E-state index in [0.29, 0.717) is 12.1 Å². The average molecular weight is 344 g/mol. The van der Waals surface area contributed by atoms with Crippen molar-refractivity contribution in [3.63, 3.8) is 0 Å². The van der Waals surface area contributed by atoms with Crippen LogP contribution >= 0.6 is 15.9 Å². The summed E-state index contributed by atoms with van der Waals surface area (Å²) in [7, 11) is 0. The highest BCUT2D eigenvalue weighted by Crippen LogP contribution is 2.38. The average Bonchev–Trinajstić information content (AvgIpc) is 2.42. The minimum atomic E-state index is 0.408. The molecule has 0 bridgehead atoms. The van der Waals surface area contributed by atoms with Gasteiger partial charge in [-0.2, -0.15) is 0 Å². The van der Waals surface area contributed by atoms with Gasteiger partial charge in [0.25, 0.3) is 0 Å². The highest BCUT2D eigenvalue weighted by atomic mass is 79.9. The van der Waals surface area contributed by atoms with Crippen molar-refractivity contribution in [3.05, 3.63) is 69.7 Å². The maximum atomic E-state index is 3.75. The summed E-state index contributed by atoms with van der Waals surface area (Å²) < 4.78 is 1.15. The van der Waals surface area contributed by atoms with Crippen LogP contribution in [0.2, 0.25) is 0 Å². The molecule has 0 aromatic heterocycles. The van der Waals surface area contributed by atoms with Gasteiger partial charge in [-0.1, -0.05) is 57.9 Å². The molecule has 0 spiro atoms. The predicted molar refractivity (Wildman–Crippen MR) is 92.6 cm³/mol. The number of hydrogen-bond donors (Lipinski definition) is 1. The fraction of sp³-hybridized carbons (Fsp3) is 0.368. The monoisotopic (exact) mass is 343 g/mol. The summed E-state index contributed by atoms with van der Waals surface area (Å²) in [4.78, 5) is 0. The molecule has 2 aromatic rings. The first-order chi connectivity index (χ1) is 10.1. The Kier molecular flexibility index (Phi) is 4.46. The molecule has 1 N–H and O–H groups in total. The molecule has 1 fully saturated rings. The van der Waals surface area contributed by atoms with Gasteiger partial charge in [0.1, 0.15) is 0 Å². The Morgan fingerprint density at radius 3 is 2.57 bits per heavy atom. The van der Waals surface area contributed by atoms with E-state index in [-0.39, 0.29) is 0 Å². The minimum Gasteiger partial charge on any atom is -0.307 e. The van der Waals surface area contributed by atoms with Crippen molar-refractivity contribution in [3.8, 4) is 0 Å². The molecule has 3 rings (SSSR count). The molecule has 1 aliphatic carbocycles. The third kappa shape index (κ3) is 3.56. The highest BCUT2D eigenvalue weighted by molar-refractivity contribution is 9.10. The van der Waals surface area contributed by atoms with E-state index in [9.17, 15) is 0 Å². The molecule has 2 heteroatoms. The number of nitrogens with one attached hydrogen (secondary N) is 1.